The van der Waals surface area contributed by atoms with Gasteiger partial charge in [0.15, 0.2) is 0 Å². The third kappa shape index (κ3) is 3.05. The minimum atomic E-state index is -0.573. The SMILES string of the molecule is C=C(C)C(=O)NC(N)(CC)CC. The molecule has 3 heteroatoms. The van der Waals surface area contributed by atoms with Gasteiger partial charge in [-0.05, 0) is 19.8 Å². The maximum Gasteiger partial charge on any atom is 0.247 e. The fraction of sp³-hybridized carbons (Fsp3) is 0.667. The molecule has 0 saturated heterocycles. The molecule has 0 bridgehead atoms. The van der Waals surface area contributed by atoms with Gasteiger partial charge in [-0.1, -0.05) is 20.4 Å². The van der Waals surface area contributed by atoms with Crippen molar-refractivity contribution in [3.8, 4) is 0 Å². The molecule has 12 heavy (non-hydrogen) atoms. The Morgan fingerprint density at radius 1 is 1.50 bits per heavy atom. The third-order valence-corrected chi connectivity index (χ3v) is 2.01. The van der Waals surface area contributed by atoms with Gasteiger partial charge < -0.3 is 11.1 Å². The van der Waals surface area contributed by atoms with Crippen LogP contribution in [0.2, 0.25) is 0 Å². The molecule has 0 aliphatic heterocycles. The molecule has 0 aromatic rings. The maximum absolute atomic E-state index is 11.2. The number of nitrogens with one attached hydrogen (secondary N) is 1. The van der Waals surface area contributed by atoms with Crippen LogP contribution in [0.4, 0.5) is 0 Å². The topological polar surface area (TPSA) is 55.1 Å². The maximum atomic E-state index is 11.2. The summed E-state index contributed by atoms with van der Waals surface area (Å²) in [5.74, 6) is -0.166. The molecule has 0 radical (unpaired) electrons. The van der Waals surface area contributed by atoms with Crippen molar-refractivity contribution in [3.05, 3.63) is 12.2 Å². The predicted octanol–water partition coefficient (Wildman–Crippen LogP) is 1.15. The van der Waals surface area contributed by atoms with E-state index in [9.17, 15) is 4.79 Å². The van der Waals surface area contributed by atoms with E-state index in [4.69, 9.17) is 5.73 Å². The van der Waals surface area contributed by atoms with Crippen LogP contribution in [0.15, 0.2) is 12.2 Å². The van der Waals surface area contributed by atoms with Crippen LogP contribution in [0.25, 0.3) is 0 Å². The highest BCUT2D eigenvalue weighted by Crippen LogP contribution is 2.07. The molecule has 0 saturated carbocycles. The van der Waals surface area contributed by atoms with E-state index in [0.29, 0.717) is 5.57 Å². The second-order valence-electron chi connectivity index (χ2n) is 3.10. The van der Waals surface area contributed by atoms with Crippen LogP contribution >= 0.6 is 0 Å². The summed E-state index contributed by atoms with van der Waals surface area (Å²) < 4.78 is 0. The van der Waals surface area contributed by atoms with Crippen LogP contribution in [0.1, 0.15) is 33.6 Å². The summed E-state index contributed by atoms with van der Waals surface area (Å²) in [6, 6.07) is 0. The van der Waals surface area contributed by atoms with E-state index in [1.54, 1.807) is 6.92 Å². The van der Waals surface area contributed by atoms with Crippen molar-refractivity contribution in [3.63, 3.8) is 0 Å². The number of amides is 1. The van der Waals surface area contributed by atoms with Gasteiger partial charge in [0.1, 0.15) is 0 Å². The zero-order valence-corrected chi connectivity index (χ0v) is 8.11. The fourth-order valence-corrected chi connectivity index (χ4v) is 0.760. The first-order valence-electron chi connectivity index (χ1n) is 4.22. The minimum Gasteiger partial charge on any atom is -0.335 e. The van der Waals surface area contributed by atoms with Gasteiger partial charge in [-0.3, -0.25) is 4.79 Å². The molecule has 3 N–H and O–H groups in total. The van der Waals surface area contributed by atoms with Gasteiger partial charge in [-0.25, -0.2) is 0 Å². The first-order valence-corrected chi connectivity index (χ1v) is 4.22. The van der Waals surface area contributed by atoms with Crippen LogP contribution in [0.3, 0.4) is 0 Å². The molecule has 3 nitrogen and oxygen atoms in total. The van der Waals surface area contributed by atoms with E-state index < -0.39 is 5.66 Å². The molecular weight excluding hydrogens is 152 g/mol. The first kappa shape index (κ1) is 11.2. The Morgan fingerprint density at radius 2 is 1.92 bits per heavy atom. The summed E-state index contributed by atoms with van der Waals surface area (Å²) in [6.07, 6.45) is 1.45. The zero-order chi connectivity index (χ0) is 9.78. The summed E-state index contributed by atoms with van der Waals surface area (Å²) in [6.45, 7) is 9.10. The van der Waals surface area contributed by atoms with Gasteiger partial charge in [0, 0.05) is 5.57 Å². The molecule has 70 valence electrons. The van der Waals surface area contributed by atoms with Crippen molar-refractivity contribution in [1.82, 2.24) is 5.32 Å². The largest absolute Gasteiger partial charge is 0.335 e. The molecule has 0 atom stereocenters. The highest BCUT2D eigenvalue weighted by Gasteiger charge is 2.22. The van der Waals surface area contributed by atoms with E-state index in [2.05, 4.69) is 11.9 Å². The van der Waals surface area contributed by atoms with Crippen LogP contribution in [0.5, 0.6) is 0 Å². The molecule has 0 aromatic carbocycles. The van der Waals surface area contributed by atoms with Gasteiger partial charge in [0.25, 0.3) is 0 Å². The van der Waals surface area contributed by atoms with Crippen LogP contribution in [-0.2, 0) is 4.79 Å². The molecule has 0 rings (SSSR count). The summed E-state index contributed by atoms with van der Waals surface area (Å²) in [5.41, 5.74) is 5.78. The monoisotopic (exact) mass is 170 g/mol. The highest BCUT2D eigenvalue weighted by atomic mass is 16.1. The fourth-order valence-electron chi connectivity index (χ4n) is 0.760. The van der Waals surface area contributed by atoms with Crippen molar-refractivity contribution in [1.29, 1.82) is 0 Å². The molecule has 1 amide bonds. The zero-order valence-electron chi connectivity index (χ0n) is 8.11. The average molecular weight is 170 g/mol. The molecular formula is C9H18N2O. The Morgan fingerprint density at radius 3 is 2.17 bits per heavy atom. The minimum absolute atomic E-state index is 0.166. The van der Waals surface area contributed by atoms with Gasteiger partial charge in [-0.15, -0.1) is 0 Å². The van der Waals surface area contributed by atoms with E-state index in [1.807, 2.05) is 13.8 Å². The molecule has 0 unspecified atom stereocenters. The second kappa shape index (κ2) is 4.26. The summed E-state index contributed by atoms with van der Waals surface area (Å²) in [5, 5.41) is 2.73. The Kier molecular flexibility index (Phi) is 3.96. The van der Waals surface area contributed by atoms with Crippen LogP contribution in [-0.4, -0.2) is 11.6 Å². The van der Waals surface area contributed by atoms with Gasteiger partial charge in [0.05, 0.1) is 5.66 Å². The predicted molar refractivity (Wildman–Crippen MR) is 50.5 cm³/mol. The lowest BCUT2D eigenvalue weighted by Crippen LogP contribution is -2.55. The molecule has 0 aliphatic carbocycles. The van der Waals surface area contributed by atoms with Gasteiger partial charge >= 0.3 is 0 Å². The molecule has 0 aromatic heterocycles. The highest BCUT2D eigenvalue weighted by molar-refractivity contribution is 5.92. The van der Waals surface area contributed by atoms with E-state index >= 15 is 0 Å². The Bertz CT molecular complexity index is 183. The Labute approximate surface area is 74.0 Å². The van der Waals surface area contributed by atoms with Crippen molar-refractivity contribution in [2.24, 2.45) is 5.73 Å². The first-order chi connectivity index (χ1) is 5.45. The standard InChI is InChI=1S/C9H18N2O/c1-5-9(10,6-2)11-8(12)7(3)4/h3,5-6,10H2,1-2,4H3,(H,11,12). The summed E-state index contributed by atoms with van der Waals surface area (Å²) in [4.78, 5) is 11.2. The molecule has 0 spiro atoms. The number of hydrogen-bond acceptors (Lipinski definition) is 2. The number of carbonyl (C=O) groups is 1. The lowest BCUT2D eigenvalue weighted by atomic mass is 10.0. The van der Waals surface area contributed by atoms with Crippen LogP contribution < -0.4 is 11.1 Å². The summed E-state index contributed by atoms with van der Waals surface area (Å²) in [7, 11) is 0. The quantitative estimate of drug-likeness (QED) is 0.491. The Hall–Kier alpha value is -0.830. The molecule has 0 aliphatic rings. The van der Waals surface area contributed by atoms with E-state index in [1.165, 1.54) is 0 Å². The normalized spacial score (nSPS) is 11.0. The van der Waals surface area contributed by atoms with Crippen molar-refractivity contribution in [2.75, 3.05) is 0 Å². The number of hydrogen-bond donors (Lipinski definition) is 2. The molecule has 0 heterocycles. The molecule has 0 fully saturated rings. The van der Waals surface area contributed by atoms with Crippen molar-refractivity contribution >= 4 is 5.91 Å². The van der Waals surface area contributed by atoms with Crippen molar-refractivity contribution in [2.45, 2.75) is 39.3 Å². The second-order valence-corrected chi connectivity index (χ2v) is 3.10. The smallest absolute Gasteiger partial charge is 0.247 e. The summed E-state index contributed by atoms with van der Waals surface area (Å²) >= 11 is 0. The number of carbonyl (C=O) groups excluding carboxylic acids is 1. The lowest BCUT2D eigenvalue weighted by molar-refractivity contribution is -0.119. The van der Waals surface area contributed by atoms with E-state index in [-0.39, 0.29) is 5.91 Å². The average Bonchev–Trinajstić information content (AvgIpc) is 2.04. The van der Waals surface area contributed by atoms with Gasteiger partial charge in [-0.2, -0.15) is 0 Å². The van der Waals surface area contributed by atoms with Gasteiger partial charge in [0.2, 0.25) is 5.91 Å². The lowest BCUT2D eigenvalue weighted by Gasteiger charge is -2.27. The number of rotatable bonds is 4. The Balaban J connectivity index is 4.21. The van der Waals surface area contributed by atoms with Crippen LogP contribution in [0, 0.1) is 0 Å². The number of nitrogens with two attached hydrogens (primary N) is 1. The third-order valence-electron chi connectivity index (χ3n) is 2.01. The van der Waals surface area contributed by atoms with E-state index in [0.717, 1.165) is 12.8 Å². The van der Waals surface area contributed by atoms with Crippen molar-refractivity contribution < 1.29 is 4.79 Å².